The molecule has 1 aromatic carbocycles. The van der Waals surface area contributed by atoms with Crippen LogP contribution in [0.3, 0.4) is 0 Å². The van der Waals surface area contributed by atoms with Crippen molar-refractivity contribution < 1.29 is 30.9 Å². The van der Waals surface area contributed by atoms with E-state index in [1.807, 2.05) is 0 Å². The monoisotopic (exact) mass is 508 g/mol. The largest absolute Gasteiger partial charge is 0.741 e. The van der Waals surface area contributed by atoms with E-state index >= 15 is 0 Å². The molecule has 0 amide bonds. The molecule has 33 heavy (non-hydrogen) atoms. The van der Waals surface area contributed by atoms with Crippen LogP contribution in [0, 0.1) is 0 Å². The fourth-order valence-corrected chi connectivity index (χ4v) is 7.73. The van der Waals surface area contributed by atoms with Gasteiger partial charge in [-0.05, 0) is 49.5 Å². The minimum absolute atomic E-state index is 0.211. The van der Waals surface area contributed by atoms with Gasteiger partial charge in [0.05, 0.1) is 0 Å². The summed E-state index contributed by atoms with van der Waals surface area (Å²) in [6, 6.07) is 9.27. The molecule has 188 valence electrons. The maximum atomic E-state index is 12.7. The number of hydrogen-bond acceptors (Lipinski definition) is 4. The number of carbonyl (C=O) groups excluding carboxylic acids is 1. The van der Waals surface area contributed by atoms with E-state index in [0.29, 0.717) is 11.0 Å². The Kier molecular flexibility index (Phi) is 9.89. The molecule has 2 atom stereocenters. The summed E-state index contributed by atoms with van der Waals surface area (Å²) in [5, 5.41) is 1.15. The zero-order valence-electron chi connectivity index (χ0n) is 19.6. The Morgan fingerprint density at radius 3 is 1.91 bits per heavy atom. The molecule has 4 nitrogen and oxygen atoms in total. The summed E-state index contributed by atoms with van der Waals surface area (Å²) < 4.78 is 58.9. The number of rotatable bonds is 4. The number of Topliss-reactive ketones (excluding diaryl/α,β-unsaturated/α-hetero) is 1. The molecule has 0 N–H and O–H groups in total. The predicted octanol–water partition coefficient (Wildman–Crippen LogP) is 6.00. The maximum absolute atomic E-state index is 12.7. The molecule has 0 radical (unpaired) electrons. The zero-order valence-corrected chi connectivity index (χ0v) is 21.3. The lowest BCUT2D eigenvalue weighted by Gasteiger charge is -2.30. The SMILES string of the molecule is CC(C)(C)c1ccc(C[S+](C2CCCCC2)C2CCCCC2=O)cc1.O=S(=O)([O-])C(F)(F)F. The Morgan fingerprint density at radius 2 is 1.45 bits per heavy atom. The molecule has 0 saturated heterocycles. The van der Waals surface area contributed by atoms with Gasteiger partial charge in [0.1, 0.15) is 11.0 Å². The molecule has 0 spiro atoms. The smallest absolute Gasteiger partial charge is 0.485 e. The molecule has 9 heteroatoms. The van der Waals surface area contributed by atoms with E-state index in [-0.39, 0.29) is 16.3 Å². The van der Waals surface area contributed by atoms with Crippen LogP contribution in [-0.4, -0.2) is 34.8 Å². The fourth-order valence-electron chi connectivity index (χ4n) is 4.38. The summed E-state index contributed by atoms with van der Waals surface area (Å²) in [4.78, 5) is 12.7. The number of hydrogen-bond donors (Lipinski definition) is 0. The lowest BCUT2D eigenvalue weighted by atomic mass is 9.87. The molecule has 0 heterocycles. The summed E-state index contributed by atoms with van der Waals surface area (Å²) in [5.41, 5.74) is -2.58. The van der Waals surface area contributed by atoms with Gasteiger partial charge < -0.3 is 4.55 Å². The van der Waals surface area contributed by atoms with Crippen LogP contribution < -0.4 is 0 Å². The quantitative estimate of drug-likeness (QED) is 0.284. The van der Waals surface area contributed by atoms with Crippen molar-refractivity contribution in [1.82, 2.24) is 0 Å². The van der Waals surface area contributed by atoms with Gasteiger partial charge in [-0.25, -0.2) is 8.42 Å². The van der Waals surface area contributed by atoms with Crippen molar-refractivity contribution in [2.75, 3.05) is 0 Å². The lowest BCUT2D eigenvalue weighted by Crippen LogP contribution is -2.41. The highest BCUT2D eigenvalue weighted by molar-refractivity contribution is 7.98. The van der Waals surface area contributed by atoms with Crippen molar-refractivity contribution >= 4 is 26.8 Å². The molecule has 2 aliphatic rings. The van der Waals surface area contributed by atoms with Crippen LogP contribution in [-0.2, 0) is 37.0 Å². The van der Waals surface area contributed by atoms with E-state index in [1.165, 1.54) is 49.7 Å². The summed E-state index contributed by atoms with van der Waals surface area (Å²) in [6.45, 7) is 6.82. The van der Waals surface area contributed by atoms with Crippen molar-refractivity contribution in [3.8, 4) is 0 Å². The van der Waals surface area contributed by atoms with E-state index in [9.17, 15) is 18.0 Å². The van der Waals surface area contributed by atoms with Crippen LogP contribution >= 0.6 is 0 Å². The van der Waals surface area contributed by atoms with Gasteiger partial charge >= 0.3 is 5.51 Å². The highest BCUT2D eigenvalue weighted by atomic mass is 32.2. The van der Waals surface area contributed by atoms with Crippen LogP contribution in [0.25, 0.3) is 0 Å². The average Bonchev–Trinajstić information content (AvgIpc) is 2.72. The Morgan fingerprint density at radius 1 is 0.939 bits per heavy atom. The minimum atomic E-state index is -6.09. The molecule has 2 fully saturated rings. The van der Waals surface area contributed by atoms with Gasteiger partial charge in [-0.3, -0.25) is 4.79 Å². The van der Waals surface area contributed by atoms with E-state index in [0.717, 1.165) is 30.3 Å². The number of halogens is 3. The molecule has 3 rings (SSSR count). The first-order chi connectivity index (χ1) is 15.2. The molecule has 0 aromatic heterocycles. The second-order valence-corrected chi connectivity index (χ2v) is 13.8. The Labute approximate surface area is 198 Å². The van der Waals surface area contributed by atoms with Gasteiger partial charge in [0.25, 0.3) is 0 Å². The first-order valence-corrected chi connectivity index (χ1v) is 14.5. The number of alkyl halides is 3. The van der Waals surface area contributed by atoms with Crippen molar-refractivity contribution in [3.63, 3.8) is 0 Å². The Balaban J connectivity index is 0.000000414. The summed E-state index contributed by atoms with van der Waals surface area (Å²) >= 11 is 0. The third-order valence-corrected chi connectivity index (χ3v) is 10.1. The first-order valence-electron chi connectivity index (χ1n) is 11.5. The molecule has 1 aromatic rings. The molecule has 2 aliphatic carbocycles. The van der Waals surface area contributed by atoms with Gasteiger partial charge in [-0.15, -0.1) is 0 Å². The van der Waals surface area contributed by atoms with Crippen LogP contribution in [0.1, 0.15) is 89.7 Å². The van der Waals surface area contributed by atoms with E-state index in [1.54, 1.807) is 0 Å². The van der Waals surface area contributed by atoms with Crippen molar-refractivity contribution in [2.24, 2.45) is 0 Å². The second-order valence-electron chi connectivity index (χ2n) is 9.92. The lowest BCUT2D eigenvalue weighted by molar-refractivity contribution is -0.119. The van der Waals surface area contributed by atoms with E-state index < -0.39 is 15.6 Å². The highest BCUT2D eigenvalue weighted by Crippen LogP contribution is 2.35. The van der Waals surface area contributed by atoms with Gasteiger partial charge in [-0.1, -0.05) is 51.5 Å². The van der Waals surface area contributed by atoms with Crippen LogP contribution in [0.4, 0.5) is 13.2 Å². The van der Waals surface area contributed by atoms with E-state index in [4.69, 9.17) is 13.0 Å². The van der Waals surface area contributed by atoms with Gasteiger partial charge in [0, 0.05) is 29.3 Å². The second kappa shape index (κ2) is 11.6. The number of carbonyl (C=O) groups is 1. The van der Waals surface area contributed by atoms with Crippen molar-refractivity contribution in [2.45, 2.75) is 106 Å². The Bertz CT molecular complexity index is 868. The first kappa shape index (κ1) is 28.2. The molecular weight excluding hydrogens is 473 g/mol. The highest BCUT2D eigenvalue weighted by Gasteiger charge is 2.43. The zero-order chi connectivity index (χ0) is 24.9. The van der Waals surface area contributed by atoms with Crippen LogP contribution in [0.2, 0.25) is 0 Å². The number of benzene rings is 1. The summed E-state index contributed by atoms with van der Waals surface area (Å²) in [6.07, 6.45) is 11.2. The van der Waals surface area contributed by atoms with Gasteiger partial charge in [0.15, 0.2) is 21.2 Å². The molecule has 2 unspecified atom stereocenters. The summed E-state index contributed by atoms with van der Waals surface area (Å²) in [7, 11) is -5.85. The topological polar surface area (TPSA) is 74.3 Å². The molecule has 0 bridgehead atoms. The molecular formula is C24H35F3O4S2. The molecule has 0 aliphatic heterocycles. The van der Waals surface area contributed by atoms with Gasteiger partial charge in [0.2, 0.25) is 0 Å². The third-order valence-electron chi connectivity index (χ3n) is 6.28. The van der Waals surface area contributed by atoms with Crippen molar-refractivity contribution in [1.29, 1.82) is 0 Å². The normalized spacial score (nSPS) is 21.8. The van der Waals surface area contributed by atoms with E-state index in [2.05, 4.69) is 45.0 Å². The van der Waals surface area contributed by atoms with Crippen LogP contribution in [0.15, 0.2) is 24.3 Å². The molecule has 2 saturated carbocycles. The number of ketones is 1. The fraction of sp³-hybridized carbons (Fsp3) is 0.708. The van der Waals surface area contributed by atoms with Crippen molar-refractivity contribution in [3.05, 3.63) is 35.4 Å². The minimum Gasteiger partial charge on any atom is -0.741 e. The predicted molar refractivity (Wildman–Crippen MR) is 126 cm³/mol. The Hall–Kier alpha value is -1.06. The standard InChI is InChI=1S/C23H35OS.CHF3O3S/c1-23(2,3)19-15-13-18(14-16-19)17-25(20-9-5-4-6-10-20)22-12-8-7-11-21(22)24;2-1(3,4)8(5,6)7/h13-16,20,22H,4-12,17H2,1-3H3;(H,5,6,7)/q+1;/p-1. The van der Waals surface area contributed by atoms with Gasteiger partial charge in [-0.2, -0.15) is 13.2 Å². The third kappa shape index (κ3) is 8.58. The average molecular weight is 509 g/mol. The summed E-state index contributed by atoms with van der Waals surface area (Å²) in [5.74, 6) is 1.71. The maximum Gasteiger partial charge on any atom is 0.485 e. The van der Waals surface area contributed by atoms with Crippen LogP contribution in [0.5, 0.6) is 0 Å².